The van der Waals surface area contributed by atoms with Crippen LogP contribution in [0.3, 0.4) is 0 Å². The van der Waals surface area contributed by atoms with Crippen molar-refractivity contribution in [2.45, 2.75) is 24.0 Å². The fraction of sp³-hybridized carbons (Fsp3) is 0.263. The van der Waals surface area contributed by atoms with Crippen LogP contribution in [0.2, 0.25) is 5.02 Å². The minimum Gasteiger partial charge on any atom is -0.326 e. The van der Waals surface area contributed by atoms with Crippen LogP contribution in [-0.4, -0.2) is 42.3 Å². The van der Waals surface area contributed by atoms with Crippen molar-refractivity contribution in [3.63, 3.8) is 0 Å². The van der Waals surface area contributed by atoms with E-state index < -0.39 is 27.9 Å². The van der Waals surface area contributed by atoms with Gasteiger partial charge in [0.1, 0.15) is 0 Å². The number of aryl methyl sites for hydroxylation is 1. The number of amides is 1. The topological polar surface area (TPSA) is 84.3 Å². The van der Waals surface area contributed by atoms with Crippen LogP contribution >= 0.6 is 11.6 Å². The van der Waals surface area contributed by atoms with E-state index in [1.165, 1.54) is 32.3 Å². The number of carbonyl (C=O) groups is 1. The summed E-state index contributed by atoms with van der Waals surface area (Å²) < 4.78 is 67.0. The summed E-state index contributed by atoms with van der Waals surface area (Å²) in [4.78, 5) is 15.6. The lowest BCUT2D eigenvalue weighted by Crippen LogP contribution is -2.22. The summed E-state index contributed by atoms with van der Waals surface area (Å²) in [5.41, 5.74) is 0.355. The lowest BCUT2D eigenvalue weighted by atomic mass is 10.3. The van der Waals surface area contributed by atoms with Crippen LogP contribution in [0.4, 0.5) is 18.9 Å². The Morgan fingerprint density at radius 3 is 2.52 bits per heavy atom. The maximum absolute atomic E-state index is 13.5. The van der Waals surface area contributed by atoms with E-state index in [0.29, 0.717) is 10.7 Å². The summed E-state index contributed by atoms with van der Waals surface area (Å²) in [6.45, 7) is -0.308. The van der Waals surface area contributed by atoms with Crippen LogP contribution in [0.25, 0.3) is 11.0 Å². The number of aromatic nitrogens is 2. The molecule has 0 aliphatic heterocycles. The third-order valence-electron chi connectivity index (χ3n) is 4.42. The number of halogens is 4. The average Bonchev–Trinajstić information content (AvgIpc) is 3.04. The molecule has 0 spiro atoms. The Morgan fingerprint density at radius 1 is 1.19 bits per heavy atom. The third kappa shape index (κ3) is 5.00. The molecule has 31 heavy (non-hydrogen) atoms. The number of nitrogens with zero attached hydrogens (tertiary/aromatic N) is 3. The Labute approximate surface area is 181 Å². The van der Waals surface area contributed by atoms with Gasteiger partial charge < -0.3 is 9.88 Å². The standard InChI is InChI=1S/C19H18ClF3N4O3S/c1-26(2)31(29,30)14-6-7-16-15(11-14)25-18(19(21,22)23)27(16)9-8-17(28)24-13-5-3-4-12(20)10-13/h3-7,10-11H,8-9H2,1-2H3,(H,24,28). The number of sulfonamides is 1. The van der Waals surface area contributed by atoms with E-state index in [0.717, 1.165) is 14.9 Å². The fourth-order valence-corrected chi connectivity index (χ4v) is 4.04. The molecule has 3 rings (SSSR count). The number of carbonyl (C=O) groups excluding carboxylic acids is 1. The maximum Gasteiger partial charge on any atom is 0.449 e. The van der Waals surface area contributed by atoms with Crippen LogP contribution in [0.15, 0.2) is 47.4 Å². The lowest BCUT2D eigenvalue weighted by Gasteiger charge is -2.12. The second kappa shape index (κ2) is 8.48. The Morgan fingerprint density at radius 2 is 1.90 bits per heavy atom. The van der Waals surface area contributed by atoms with E-state index in [9.17, 15) is 26.4 Å². The zero-order chi connectivity index (χ0) is 23.0. The number of nitrogens with one attached hydrogen (secondary N) is 1. The molecular weight excluding hydrogens is 457 g/mol. The van der Waals surface area contributed by atoms with Crippen LogP contribution < -0.4 is 5.32 Å². The first-order chi connectivity index (χ1) is 14.4. The molecule has 3 aromatic rings. The van der Waals surface area contributed by atoms with Crippen molar-refractivity contribution in [2.75, 3.05) is 19.4 Å². The van der Waals surface area contributed by atoms with Gasteiger partial charge in [0.05, 0.1) is 15.9 Å². The Hall–Kier alpha value is -2.63. The van der Waals surface area contributed by atoms with Gasteiger partial charge >= 0.3 is 6.18 Å². The van der Waals surface area contributed by atoms with Crippen molar-refractivity contribution >= 4 is 44.3 Å². The molecule has 12 heteroatoms. The SMILES string of the molecule is CN(C)S(=O)(=O)c1ccc2c(c1)nc(C(F)(F)F)n2CCC(=O)Nc1cccc(Cl)c1. The molecule has 0 unspecified atom stereocenters. The quantitative estimate of drug-likeness (QED) is 0.585. The number of hydrogen-bond donors (Lipinski definition) is 1. The molecular formula is C19H18ClF3N4O3S. The molecule has 0 aliphatic rings. The maximum atomic E-state index is 13.5. The van der Waals surface area contributed by atoms with Gasteiger partial charge in [-0.25, -0.2) is 17.7 Å². The highest BCUT2D eigenvalue weighted by Gasteiger charge is 2.38. The summed E-state index contributed by atoms with van der Waals surface area (Å²) in [6.07, 6.45) is -5.05. The van der Waals surface area contributed by atoms with Crippen molar-refractivity contribution in [3.05, 3.63) is 53.3 Å². The second-order valence-corrected chi connectivity index (χ2v) is 9.42. The van der Waals surface area contributed by atoms with Gasteiger partial charge in [0.15, 0.2) is 0 Å². The van der Waals surface area contributed by atoms with E-state index in [2.05, 4.69) is 10.3 Å². The summed E-state index contributed by atoms with van der Waals surface area (Å²) in [6, 6.07) is 9.91. The summed E-state index contributed by atoms with van der Waals surface area (Å²) in [7, 11) is -1.21. The number of imidazole rings is 1. The van der Waals surface area contributed by atoms with E-state index in [-0.39, 0.29) is 28.9 Å². The first kappa shape index (κ1) is 23.0. The number of hydrogen-bond acceptors (Lipinski definition) is 4. The van der Waals surface area contributed by atoms with E-state index in [4.69, 9.17) is 11.6 Å². The smallest absolute Gasteiger partial charge is 0.326 e. The third-order valence-corrected chi connectivity index (χ3v) is 6.47. The van der Waals surface area contributed by atoms with Crippen LogP contribution in [0.5, 0.6) is 0 Å². The van der Waals surface area contributed by atoms with Crippen molar-refractivity contribution in [3.8, 4) is 0 Å². The van der Waals surface area contributed by atoms with Crippen molar-refractivity contribution < 1.29 is 26.4 Å². The van der Waals surface area contributed by atoms with Gasteiger partial charge in [0, 0.05) is 37.8 Å². The monoisotopic (exact) mass is 474 g/mol. The zero-order valence-electron chi connectivity index (χ0n) is 16.4. The molecule has 1 aromatic heterocycles. The zero-order valence-corrected chi connectivity index (χ0v) is 18.0. The van der Waals surface area contributed by atoms with Gasteiger partial charge in [0.25, 0.3) is 0 Å². The number of rotatable bonds is 6. The van der Waals surface area contributed by atoms with Gasteiger partial charge in [0.2, 0.25) is 21.8 Å². The van der Waals surface area contributed by atoms with Crippen molar-refractivity contribution in [1.82, 2.24) is 13.9 Å². The second-order valence-electron chi connectivity index (χ2n) is 6.83. The van der Waals surface area contributed by atoms with E-state index in [1.54, 1.807) is 18.2 Å². The van der Waals surface area contributed by atoms with Gasteiger partial charge in [-0.1, -0.05) is 17.7 Å². The molecule has 0 saturated carbocycles. The first-order valence-corrected chi connectivity index (χ1v) is 10.8. The molecule has 7 nitrogen and oxygen atoms in total. The molecule has 166 valence electrons. The molecule has 1 heterocycles. The molecule has 1 amide bonds. The van der Waals surface area contributed by atoms with Crippen LogP contribution in [0.1, 0.15) is 12.2 Å². The highest BCUT2D eigenvalue weighted by molar-refractivity contribution is 7.89. The highest BCUT2D eigenvalue weighted by atomic mass is 35.5. The van der Waals surface area contributed by atoms with Gasteiger partial charge in [-0.05, 0) is 36.4 Å². The Balaban J connectivity index is 1.92. The average molecular weight is 475 g/mol. The largest absolute Gasteiger partial charge is 0.449 e. The Kier molecular flexibility index (Phi) is 6.30. The molecule has 0 aliphatic carbocycles. The predicted molar refractivity (Wildman–Crippen MR) is 110 cm³/mol. The minimum absolute atomic E-state index is 0.0700. The number of fused-ring (bicyclic) bond motifs is 1. The number of benzene rings is 2. The normalized spacial score (nSPS) is 12.5. The van der Waals surface area contributed by atoms with Gasteiger partial charge in [-0.3, -0.25) is 4.79 Å². The molecule has 0 atom stereocenters. The van der Waals surface area contributed by atoms with Gasteiger partial charge in [-0.15, -0.1) is 0 Å². The summed E-state index contributed by atoms with van der Waals surface area (Å²) in [5, 5.41) is 2.97. The van der Waals surface area contributed by atoms with Crippen molar-refractivity contribution in [2.24, 2.45) is 0 Å². The van der Waals surface area contributed by atoms with Crippen LogP contribution in [-0.2, 0) is 27.5 Å². The number of alkyl halides is 3. The Bertz CT molecular complexity index is 1240. The molecule has 0 saturated heterocycles. The molecule has 0 bridgehead atoms. The van der Waals surface area contributed by atoms with Crippen LogP contribution in [0, 0.1) is 0 Å². The van der Waals surface area contributed by atoms with E-state index in [1.807, 2.05) is 0 Å². The summed E-state index contributed by atoms with van der Waals surface area (Å²) in [5.74, 6) is -1.72. The fourth-order valence-electron chi connectivity index (χ4n) is 2.93. The number of anilines is 1. The molecule has 0 fully saturated rings. The van der Waals surface area contributed by atoms with Gasteiger partial charge in [-0.2, -0.15) is 13.2 Å². The predicted octanol–water partition coefficient (Wildman–Crippen LogP) is 3.99. The minimum atomic E-state index is -4.79. The molecule has 1 N–H and O–H groups in total. The first-order valence-electron chi connectivity index (χ1n) is 8.95. The molecule has 2 aromatic carbocycles. The molecule has 0 radical (unpaired) electrons. The highest BCUT2D eigenvalue weighted by Crippen LogP contribution is 2.32. The lowest BCUT2D eigenvalue weighted by molar-refractivity contribution is -0.147. The van der Waals surface area contributed by atoms with E-state index >= 15 is 0 Å². The summed E-state index contributed by atoms with van der Waals surface area (Å²) >= 11 is 5.85. The van der Waals surface area contributed by atoms with Crippen molar-refractivity contribution in [1.29, 1.82) is 0 Å².